The van der Waals surface area contributed by atoms with Gasteiger partial charge in [-0.05, 0) is 35.6 Å². The van der Waals surface area contributed by atoms with Crippen molar-refractivity contribution in [3.63, 3.8) is 0 Å². The number of rotatable bonds is 5. The monoisotopic (exact) mass is 362 g/mol. The second kappa shape index (κ2) is 6.93. The first-order chi connectivity index (χ1) is 11.5. The highest BCUT2D eigenvalue weighted by Gasteiger charge is 2.20. The summed E-state index contributed by atoms with van der Waals surface area (Å²) in [4.78, 5) is 10.1. The number of non-ortho nitro benzene ring substituents is 1. The van der Waals surface area contributed by atoms with Crippen molar-refractivity contribution in [2.45, 2.75) is 44.0 Å². The van der Waals surface area contributed by atoms with Gasteiger partial charge in [0.2, 0.25) is 10.0 Å². The van der Waals surface area contributed by atoms with Gasteiger partial charge in [0.05, 0.1) is 9.82 Å². The molecule has 0 heterocycles. The molecule has 134 valence electrons. The van der Waals surface area contributed by atoms with Gasteiger partial charge >= 0.3 is 0 Å². The summed E-state index contributed by atoms with van der Waals surface area (Å²) in [6.07, 6.45) is 0. The Kier molecular flexibility index (Phi) is 5.29. The average molecular weight is 362 g/mol. The van der Waals surface area contributed by atoms with Crippen LogP contribution in [0.2, 0.25) is 0 Å². The number of hydrogen-bond acceptors (Lipinski definition) is 4. The Bertz CT molecular complexity index is 851. The molecule has 0 bridgehead atoms. The molecule has 1 atom stereocenters. The number of nitrogens with one attached hydrogen (secondary N) is 1. The number of nitro benzene ring substituents is 1. The van der Waals surface area contributed by atoms with Crippen LogP contribution in [-0.2, 0) is 15.4 Å². The average Bonchev–Trinajstić information content (AvgIpc) is 2.54. The molecular formula is C18H22N2O4S. The molecule has 0 radical (unpaired) electrons. The van der Waals surface area contributed by atoms with Crippen LogP contribution in [0.5, 0.6) is 0 Å². The normalized spacial score (nSPS) is 13.4. The van der Waals surface area contributed by atoms with Crippen molar-refractivity contribution in [1.82, 2.24) is 4.72 Å². The van der Waals surface area contributed by atoms with Gasteiger partial charge in [0.15, 0.2) is 0 Å². The van der Waals surface area contributed by atoms with Crippen molar-refractivity contribution >= 4 is 15.7 Å². The fourth-order valence-corrected chi connectivity index (χ4v) is 3.62. The number of nitro groups is 1. The van der Waals surface area contributed by atoms with Crippen LogP contribution in [0.3, 0.4) is 0 Å². The molecular weight excluding hydrogens is 340 g/mol. The summed E-state index contributed by atoms with van der Waals surface area (Å²) in [5, 5.41) is 10.7. The number of sulfonamides is 1. The molecule has 0 aliphatic heterocycles. The van der Waals surface area contributed by atoms with Crippen LogP contribution in [0.4, 0.5) is 5.69 Å². The molecule has 0 aliphatic carbocycles. The standard InChI is InChI=1S/C18H22N2O4S/c1-13(14-5-7-15(8-6-14)18(2,3)4)19-25(23,24)17-11-9-16(10-12-17)20(21)22/h5-13,19H,1-4H3. The zero-order valence-electron chi connectivity index (χ0n) is 14.7. The molecule has 0 aromatic heterocycles. The van der Waals surface area contributed by atoms with Gasteiger partial charge in [-0.3, -0.25) is 10.1 Å². The van der Waals surface area contributed by atoms with E-state index in [4.69, 9.17) is 0 Å². The second-order valence-electron chi connectivity index (χ2n) is 6.97. The molecule has 0 spiro atoms. The van der Waals surface area contributed by atoms with E-state index in [9.17, 15) is 18.5 Å². The number of hydrogen-bond donors (Lipinski definition) is 1. The quantitative estimate of drug-likeness (QED) is 0.644. The minimum atomic E-state index is -3.76. The molecule has 1 unspecified atom stereocenters. The Balaban J connectivity index is 2.18. The minimum Gasteiger partial charge on any atom is -0.258 e. The molecule has 2 aromatic rings. The van der Waals surface area contributed by atoms with E-state index in [1.165, 1.54) is 29.8 Å². The summed E-state index contributed by atoms with van der Waals surface area (Å²) >= 11 is 0. The smallest absolute Gasteiger partial charge is 0.258 e. The van der Waals surface area contributed by atoms with E-state index in [1.807, 2.05) is 24.3 Å². The summed E-state index contributed by atoms with van der Waals surface area (Å²) in [6.45, 7) is 8.10. The Hall–Kier alpha value is -2.25. The van der Waals surface area contributed by atoms with E-state index in [0.717, 1.165) is 5.56 Å². The molecule has 0 amide bonds. The van der Waals surface area contributed by atoms with Gasteiger partial charge < -0.3 is 0 Å². The van der Waals surface area contributed by atoms with Gasteiger partial charge in [-0.2, -0.15) is 0 Å². The SMILES string of the molecule is CC(NS(=O)(=O)c1ccc([N+](=O)[O-])cc1)c1ccc(C(C)(C)C)cc1. The van der Waals surface area contributed by atoms with Gasteiger partial charge in [-0.1, -0.05) is 45.0 Å². The maximum Gasteiger partial charge on any atom is 0.269 e. The molecule has 0 saturated heterocycles. The summed E-state index contributed by atoms with van der Waals surface area (Å²) < 4.78 is 27.5. The minimum absolute atomic E-state index is 0.00346. The van der Waals surface area contributed by atoms with Crippen LogP contribution in [-0.4, -0.2) is 13.3 Å². The maximum absolute atomic E-state index is 12.4. The van der Waals surface area contributed by atoms with Crippen LogP contribution in [0.15, 0.2) is 53.4 Å². The predicted molar refractivity (Wildman–Crippen MR) is 97.0 cm³/mol. The summed E-state index contributed by atoms with van der Waals surface area (Å²) in [5.41, 5.74) is 1.89. The lowest BCUT2D eigenvalue weighted by Gasteiger charge is -2.20. The van der Waals surface area contributed by atoms with E-state index in [-0.39, 0.29) is 16.0 Å². The second-order valence-corrected chi connectivity index (χ2v) is 8.68. The predicted octanol–water partition coefficient (Wildman–Crippen LogP) is 3.93. The highest BCUT2D eigenvalue weighted by Crippen LogP contribution is 2.25. The zero-order valence-corrected chi connectivity index (χ0v) is 15.5. The van der Waals surface area contributed by atoms with Gasteiger partial charge in [0.1, 0.15) is 0 Å². The van der Waals surface area contributed by atoms with Crippen LogP contribution in [0.25, 0.3) is 0 Å². The lowest BCUT2D eigenvalue weighted by Crippen LogP contribution is -2.27. The van der Waals surface area contributed by atoms with Crippen molar-refractivity contribution in [3.8, 4) is 0 Å². The molecule has 6 nitrogen and oxygen atoms in total. The molecule has 2 aromatic carbocycles. The first kappa shape index (κ1) is 19.1. The summed E-state index contributed by atoms with van der Waals surface area (Å²) in [6, 6.07) is 12.2. The van der Waals surface area contributed by atoms with Gasteiger partial charge in [0.25, 0.3) is 5.69 Å². The summed E-state index contributed by atoms with van der Waals surface area (Å²) in [7, 11) is -3.76. The topological polar surface area (TPSA) is 89.3 Å². The third-order valence-corrected chi connectivity index (χ3v) is 5.52. The van der Waals surface area contributed by atoms with Crippen LogP contribution >= 0.6 is 0 Å². The van der Waals surface area contributed by atoms with E-state index < -0.39 is 21.0 Å². The van der Waals surface area contributed by atoms with Crippen molar-refractivity contribution in [2.75, 3.05) is 0 Å². The highest BCUT2D eigenvalue weighted by molar-refractivity contribution is 7.89. The van der Waals surface area contributed by atoms with Crippen LogP contribution in [0.1, 0.15) is 44.9 Å². The Labute approximate surface area is 148 Å². The van der Waals surface area contributed by atoms with Gasteiger partial charge in [-0.25, -0.2) is 13.1 Å². The molecule has 0 saturated carbocycles. The maximum atomic E-state index is 12.4. The van der Waals surface area contributed by atoms with Crippen molar-refractivity contribution in [2.24, 2.45) is 0 Å². The van der Waals surface area contributed by atoms with Gasteiger partial charge in [-0.15, -0.1) is 0 Å². The lowest BCUT2D eigenvalue weighted by molar-refractivity contribution is -0.384. The fourth-order valence-electron chi connectivity index (χ4n) is 2.39. The Morgan fingerprint density at radius 1 is 1.00 bits per heavy atom. The van der Waals surface area contributed by atoms with Crippen LogP contribution < -0.4 is 4.72 Å². The highest BCUT2D eigenvalue weighted by atomic mass is 32.2. The molecule has 25 heavy (non-hydrogen) atoms. The van der Waals surface area contributed by atoms with Crippen LogP contribution in [0, 0.1) is 10.1 Å². The Morgan fingerprint density at radius 3 is 1.96 bits per heavy atom. The molecule has 2 rings (SSSR count). The molecule has 7 heteroatoms. The van der Waals surface area contributed by atoms with Crippen molar-refractivity contribution in [1.29, 1.82) is 0 Å². The first-order valence-electron chi connectivity index (χ1n) is 7.88. The van der Waals surface area contributed by atoms with E-state index >= 15 is 0 Å². The first-order valence-corrected chi connectivity index (χ1v) is 9.36. The number of benzene rings is 2. The third kappa shape index (κ3) is 4.64. The molecule has 0 fully saturated rings. The Morgan fingerprint density at radius 2 is 1.52 bits per heavy atom. The zero-order chi connectivity index (χ0) is 18.8. The number of nitrogens with zero attached hydrogens (tertiary/aromatic N) is 1. The summed E-state index contributed by atoms with van der Waals surface area (Å²) in [5.74, 6) is 0. The lowest BCUT2D eigenvalue weighted by atomic mass is 9.86. The van der Waals surface area contributed by atoms with Crippen molar-refractivity contribution in [3.05, 3.63) is 69.8 Å². The molecule has 1 N–H and O–H groups in total. The van der Waals surface area contributed by atoms with Gasteiger partial charge in [0, 0.05) is 18.2 Å². The fraction of sp³-hybridized carbons (Fsp3) is 0.333. The third-order valence-electron chi connectivity index (χ3n) is 3.97. The van der Waals surface area contributed by atoms with Crippen molar-refractivity contribution < 1.29 is 13.3 Å². The largest absolute Gasteiger partial charge is 0.269 e. The van der Waals surface area contributed by atoms with E-state index in [1.54, 1.807) is 6.92 Å². The van der Waals surface area contributed by atoms with E-state index in [0.29, 0.717) is 0 Å². The molecule has 0 aliphatic rings. The van der Waals surface area contributed by atoms with E-state index in [2.05, 4.69) is 25.5 Å².